The molecule has 1 aromatic carbocycles. The molecule has 26 heavy (non-hydrogen) atoms. The molecule has 2 heterocycles. The third kappa shape index (κ3) is 3.45. The van der Waals surface area contributed by atoms with E-state index in [-0.39, 0.29) is 23.6 Å². The van der Waals surface area contributed by atoms with E-state index in [0.29, 0.717) is 43.4 Å². The highest BCUT2D eigenvalue weighted by molar-refractivity contribution is 7.99. The van der Waals surface area contributed by atoms with Crippen LogP contribution in [0.1, 0.15) is 23.2 Å². The molecule has 0 aromatic heterocycles. The second-order valence-corrected chi connectivity index (χ2v) is 8.08. The molecule has 7 heteroatoms. The van der Waals surface area contributed by atoms with Crippen LogP contribution >= 0.6 is 11.8 Å². The Morgan fingerprint density at radius 2 is 1.50 bits per heavy atom. The molecule has 3 amide bonds. The van der Waals surface area contributed by atoms with Crippen LogP contribution in [0.2, 0.25) is 0 Å². The van der Waals surface area contributed by atoms with Gasteiger partial charge in [-0.15, -0.1) is 11.8 Å². The van der Waals surface area contributed by atoms with Crippen molar-refractivity contribution >= 4 is 29.5 Å². The van der Waals surface area contributed by atoms with Crippen molar-refractivity contribution in [2.75, 3.05) is 37.8 Å². The summed E-state index contributed by atoms with van der Waals surface area (Å²) in [5.74, 6) is 1.58. The number of carbonyl (C=O) groups excluding carboxylic acids is 3. The summed E-state index contributed by atoms with van der Waals surface area (Å²) in [7, 11) is 0. The second kappa shape index (κ2) is 7.31. The summed E-state index contributed by atoms with van der Waals surface area (Å²) in [6, 6.07) is 8.72. The number of carbonyl (C=O) groups is 3. The van der Waals surface area contributed by atoms with Gasteiger partial charge >= 0.3 is 0 Å². The lowest BCUT2D eigenvalue weighted by Crippen LogP contribution is -2.56. The van der Waals surface area contributed by atoms with Crippen molar-refractivity contribution in [1.82, 2.24) is 14.7 Å². The molecule has 3 aliphatic rings. The van der Waals surface area contributed by atoms with Crippen LogP contribution in [0.5, 0.6) is 0 Å². The minimum atomic E-state index is -0.404. The van der Waals surface area contributed by atoms with Crippen molar-refractivity contribution < 1.29 is 14.4 Å². The van der Waals surface area contributed by atoms with Gasteiger partial charge in [-0.1, -0.05) is 18.2 Å². The van der Waals surface area contributed by atoms with E-state index in [0.717, 1.165) is 12.8 Å². The summed E-state index contributed by atoms with van der Waals surface area (Å²) in [5, 5.41) is 0. The fraction of sp³-hybridized carbons (Fsp3) is 0.526. The van der Waals surface area contributed by atoms with E-state index < -0.39 is 6.04 Å². The van der Waals surface area contributed by atoms with Gasteiger partial charge in [-0.3, -0.25) is 14.4 Å². The summed E-state index contributed by atoms with van der Waals surface area (Å²) >= 11 is 1.62. The topological polar surface area (TPSA) is 60.9 Å². The fourth-order valence-electron chi connectivity index (χ4n) is 3.54. The number of piperazine rings is 1. The predicted molar refractivity (Wildman–Crippen MR) is 99.6 cm³/mol. The highest BCUT2D eigenvalue weighted by Crippen LogP contribution is 2.31. The maximum Gasteiger partial charge on any atom is 0.255 e. The van der Waals surface area contributed by atoms with E-state index in [1.807, 2.05) is 28.0 Å². The van der Waals surface area contributed by atoms with Gasteiger partial charge in [0.15, 0.2) is 0 Å². The van der Waals surface area contributed by atoms with E-state index in [1.165, 1.54) is 0 Å². The normalized spacial score (nSPS) is 23.2. The fourth-order valence-corrected chi connectivity index (χ4v) is 4.69. The molecule has 0 radical (unpaired) electrons. The molecule has 1 aromatic rings. The van der Waals surface area contributed by atoms with Crippen molar-refractivity contribution in [3.8, 4) is 0 Å². The molecule has 1 saturated carbocycles. The summed E-state index contributed by atoms with van der Waals surface area (Å²) in [4.78, 5) is 43.3. The zero-order valence-corrected chi connectivity index (χ0v) is 15.5. The van der Waals surface area contributed by atoms with Gasteiger partial charge in [0.2, 0.25) is 11.8 Å². The minimum absolute atomic E-state index is 0.0119. The van der Waals surface area contributed by atoms with Crippen LogP contribution in [0.15, 0.2) is 30.3 Å². The first-order valence-electron chi connectivity index (χ1n) is 9.16. The summed E-state index contributed by atoms with van der Waals surface area (Å²) in [6.45, 7) is 2.33. The van der Waals surface area contributed by atoms with Gasteiger partial charge in [0, 0.05) is 43.4 Å². The molecular weight excluding hydrogens is 350 g/mol. The minimum Gasteiger partial charge on any atom is -0.339 e. The molecule has 138 valence electrons. The van der Waals surface area contributed by atoms with Crippen molar-refractivity contribution in [3.05, 3.63) is 35.9 Å². The van der Waals surface area contributed by atoms with Crippen molar-refractivity contribution in [3.63, 3.8) is 0 Å². The smallest absolute Gasteiger partial charge is 0.255 e. The Morgan fingerprint density at radius 1 is 0.885 bits per heavy atom. The molecule has 0 bridgehead atoms. The standard InChI is InChI=1S/C19H23N3O3S/c23-17(15-6-7-15)20-8-10-21(11-9-20)19(25)16-12-26-13-22(16)18(24)14-4-2-1-3-5-14/h1-5,15-16H,6-13H2. The number of benzene rings is 1. The Balaban J connectivity index is 1.38. The number of amides is 3. The van der Waals surface area contributed by atoms with Crippen LogP contribution in [0.25, 0.3) is 0 Å². The van der Waals surface area contributed by atoms with Crippen LogP contribution in [0.3, 0.4) is 0 Å². The van der Waals surface area contributed by atoms with Crippen molar-refractivity contribution in [1.29, 1.82) is 0 Å². The van der Waals surface area contributed by atoms with Gasteiger partial charge in [0.05, 0.1) is 5.88 Å². The van der Waals surface area contributed by atoms with Crippen molar-refractivity contribution in [2.24, 2.45) is 5.92 Å². The zero-order chi connectivity index (χ0) is 18.1. The predicted octanol–water partition coefficient (Wildman–Crippen LogP) is 1.28. The van der Waals surface area contributed by atoms with Gasteiger partial charge in [-0.2, -0.15) is 0 Å². The van der Waals surface area contributed by atoms with Gasteiger partial charge in [0.25, 0.3) is 5.91 Å². The maximum atomic E-state index is 13.0. The third-order valence-corrected chi connectivity index (χ3v) is 6.29. The SMILES string of the molecule is O=C(C1CC1)N1CCN(C(=O)C2CSCN2C(=O)c2ccccc2)CC1. The Kier molecular flexibility index (Phi) is 4.89. The first-order valence-corrected chi connectivity index (χ1v) is 10.3. The first-order chi connectivity index (χ1) is 12.6. The van der Waals surface area contributed by atoms with E-state index in [4.69, 9.17) is 0 Å². The molecule has 3 fully saturated rings. The van der Waals surface area contributed by atoms with Crippen LogP contribution < -0.4 is 0 Å². The monoisotopic (exact) mass is 373 g/mol. The molecular formula is C19H23N3O3S. The summed E-state index contributed by atoms with van der Waals surface area (Å²) in [5.41, 5.74) is 0.618. The maximum absolute atomic E-state index is 13.0. The van der Waals surface area contributed by atoms with E-state index in [2.05, 4.69) is 0 Å². The summed E-state index contributed by atoms with van der Waals surface area (Å²) in [6.07, 6.45) is 2.02. The lowest BCUT2D eigenvalue weighted by molar-refractivity contribution is -0.142. The first kappa shape index (κ1) is 17.4. The highest BCUT2D eigenvalue weighted by atomic mass is 32.2. The third-order valence-electron chi connectivity index (χ3n) is 5.28. The number of hydrogen-bond donors (Lipinski definition) is 0. The van der Waals surface area contributed by atoms with Crippen molar-refractivity contribution in [2.45, 2.75) is 18.9 Å². The molecule has 1 unspecified atom stereocenters. The number of rotatable bonds is 3. The largest absolute Gasteiger partial charge is 0.339 e. The molecule has 0 spiro atoms. The van der Waals surface area contributed by atoms with Crippen LogP contribution in [0.4, 0.5) is 0 Å². The Morgan fingerprint density at radius 3 is 2.12 bits per heavy atom. The molecule has 4 rings (SSSR count). The van der Waals surface area contributed by atoms with Gasteiger partial charge in [-0.25, -0.2) is 0 Å². The highest BCUT2D eigenvalue weighted by Gasteiger charge is 2.40. The van der Waals surface area contributed by atoms with E-state index >= 15 is 0 Å². The Labute approximate surface area is 157 Å². The average Bonchev–Trinajstić information content (AvgIpc) is 3.43. The Hall–Kier alpha value is -2.02. The molecule has 0 N–H and O–H groups in total. The molecule has 2 saturated heterocycles. The van der Waals surface area contributed by atoms with Crippen LogP contribution in [-0.4, -0.2) is 76.3 Å². The molecule has 6 nitrogen and oxygen atoms in total. The second-order valence-electron chi connectivity index (χ2n) is 7.08. The van der Waals surface area contributed by atoms with Gasteiger partial charge in [-0.05, 0) is 25.0 Å². The Bertz CT molecular complexity index is 699. The van der Waals surface area contributed by atoms with E-state index in [9.17, 15) is 14.4 Å². The summed E-state index contributed by atoms with van der Waals surface area (Å²) < 4.78 is 0. The lowest BCUT2D eigenvalue weighted by atomic mass is 10.1. The molecule has 1 aliphatic carbocycles. The number of nitrogens with zero attached hydrogens (tertiary/aromatic N) is 3. The number of thioether (sulfide) groups is 1. The molecule has 1 atom stereocenters. The van der Waals surface area contributed by atoms with Gasteiger partial charge < -0.3 is 14.7 Å². The van der Waals surface area contributed by atoms with Crippen LogP contribution in [0, 0.1) is 5.92 Å². The molecule has 2 aliphatic heterocycles. The lowest BCUT2D eigenvalue weighted by Gasteiger charge is -2.37. The van der Waals surface area contributed by atoms with Gasteiger partial charge in [0.1, 0.15) is 6.04 Å². The quantitative estimate of drug-likeness (QED) is 0.801. The van der Waals surface area contributed by atoms with E-state index in [1.54, 1.807) is 28.8 Å². The number of hydrogen-bond acceptors (Lipinski definition) is 4. The average molecular weight is 373 g/mol. The van der Waals surface area contributed by atoms with Crippen LogP contribution in [-0.2, 0) is 9.59 Å². The zero-order valence-electron chi connectivity index (χ0n) is 14.7.